The fourth-order valence-corrected chi connectivity index (χ4v) is 10.6. The number of ether oxygens (including phenoxy) is 1. The van der Waals surface area contributed by atoms with Gasteiger partial charge >= 0.3 is 0 Å². The molecule has 7 rings (SSSR count). The van der Waals surface area contributed by atoms with Gasteiger partial charge in [0.2, 0.25) is 0 Å². The summed E-state index contributed by atoms with van der Waals surface area (Å²) in [7, 11) is 0. The van der Waals surface area contributed by atoms with Crippen LogP contribution in [0.15, 0.2) is 16.6 Å². The number of aliphatic imine (C=N–C) groups is 1. The zero-order chi connectivity index (χ0) is 22.1. The maximum absolute atomic E-state index is 12.2. The lowest BCUT2D eigenvalue weighted by Crippen LogP contribution is -2.41. The first-order valence-electron chi connectivity index (χ1n) is 13.7. The van der Waals surface area contributed by atoms with Gasteiger partial charge in [-0.3, -0.25) is 9.79 Å². The summed E-state index contributed by atoms with van der Waals surface area (Å²) in [4.78, 5) is 17.2. The summed E-state index contributed by atoms with van der Waals surface area (Å²) in [5, 5.41) is 0. The van der Waals surface area contributed by atoms with Crippen LogP contribution in [-0.4, -0.2) is 29.7 Å². The van der Waals surface area contributed by atoms with E-state index in [4.69, 9.17) is 9.73 Å². The Morgan fingerprint density at radius 2 is 1.91 bits per heavy atom. The minimum Gasteiger partial charge on any atom is -0.365 e. The maximum Gasteiger partial charge on any atom is 0.155 e. The highest BCUT2D eigenvalue weighted by atomic mass is 16.5. The van der Waals surface area contributed by atoms with E-state index in [0.29, 0.717) is 34.6 Å². The number of carbonyl (C=O) groups excluding carboxylic acids is 1. The van der Waals surface area contributed by atoms with Crippen LogP contribution in [0.5, 0.6) is 0 Å². The van der Waals surface area contributed by atoms with Crippen molar-refractivity contribution in [2.45, 2.75) is 104 Å². The topological polar surface area (TPSA) is 38.7 Å². The Bertz CT molecular complexity index is 951. The summed E-state index contributed by atoms with van der Waals surface area (Å²) in [6.45, 7) is 10.9. The molecule has 0 amide bonds. The van der Waals surface area contributed by atoms with Gasteiger partial charge in [-0.2, -0.15) is 0 Å². The van der Waals surface area contributed by atoms with Gasteiger partial charge in [0, 0.05) is 24.6 Å². The van der Waals surface area contributed by atoms with Gasteiger partial charge in [-0.25, -0.2) is 0 Å². The van der Waals surface area contributed by atoms with Crippen molar-refractivity contribution in [2.24, 2.45) is 50.8 Å². The molecule has 2 heterocycles. The Hall–Kier alpha value is -0.960. The van der Waals surface area contributed by atoms with Crippen LogP contribution in [0.2, 0.25) is 0 Å². The second-order valence-electron chi connectivity index (χ2n) is 13.8. The summed E-state index contributed by atoms with van der Waals surface area (Å²) in [6.07, 6.45) is 14.5. The average molecular weight is 436 g/mol. The molecule has 3 heteroatoms. The van der Waals surface area contributed by atoms with Gasteiger partial charge in [-0.15, -0.1) is 0 Å². The Morgan fingerprint density at radius 3 is 2.75 bits per heavy atom. The molecule has 5 fully saturated rings. The molecule has 5 aliphatic carbocycles. The smallest absolute Gasteiger partial charge is 0.155 e. The number of hydrogen-bond donors (Lipinski definition) is 0. The molecule has 10 atom stereocenters. The molecular weight excluding hydrogens is 394 g/mol. The third-order valence-corrected chi connectivity index (χ3v) is 12.3. The number of allylic oxidation sites excluding steroid dienone is 2. The molecule has 0 aromatic heterocycles. The van der Waals surface area contributed by atoms with E-state index in [1.54, 1.807) is 0 Å². The minimum absolute atomic E-state index is 0.0343. The van der Waals surface area contributed by atoms with Gasteiger partial charge in [-0.1, -0.05) is 33.3 Å². The van der Waals surface area contributed by atoms with Gasteiger partial charge in [0.1, 0.15) is 0 Å². The Morgan fingerprint density at radius 1 is 1.06 bits per heavy atom. The number of fused-ring (bicyclic) bond motifs is 5. The molecule has 0 aromatic carbocycles. The monoisotopic (exact) mass is 435 g/mol. The highest BCUT2D eigenvalue weighted by molar-refractivity contribution is 5.94. The molecule has 2 aliphatic heterocycles. The maximum atomic E-state index is 12.2. The molecule has 32 heavy (non-hydrogen) atoms. The van der Waals surface area contributed by atoms with Crippen molar-refractivity contribution in [3.8, 4) is 0 Å². The van der Waals surface area contributed by atoms with E-state index in [9.17, 15) is 4.79 Å². The summed E-state index contributed by atoms with van der Waals surface area (Å²) in [6, 6.07) is 0. The number of carbonyl (C=O) groups is 1. The number of nitrogens with zero attached hydrogens (tertiary/aromatic N) is 1. The van der Waals surface area contributed by atoms with E-state index in [1.165, 1.54) is 62.7 Å². The first-order chi connectivity index (χ1) is 15.2. The molecule has 0 bridgehead atoms. The SMILES string of the molecule is C[C@@H]1CN=C2[C@@H](C)[C@@]3(CC[C@H]4C5CCC6=CC(=O)CC[C@]6(C)[C@H]5CC45CC5(C)C3)O[C@@H]2C1. The van der Waals surface area contributed by atoms with Crippen molar-refractivity contribution in [2.75, 3.05) is 6.54 Å². The first kappa shape index (κ1) is 20.4. The molecule has 0 aromatic rings. The highest BCUT2D eigenvalue weighted by Gasteiger charge is 2.77. The van der Waals surface area contributed by atoms with Gasteiger partial charge < -0.3 is 4.74 Å². The predicted molar refractivity (Wildman–Crippen MR) is 127 cm³/mol. The van der Waals surface area contributed by atoms with E-state index in [0.717, 1.165) is 37.1 Å². The van der Waals surface area contributed by atoms with Gasteiger partial charge in [0.25, 0.3) is 0 Å². The van der Waals surface area contributed by atoms with E-state index < -0.39 is 0 Å². The molecule has 3 nitrogen and oxygen atoms in total. The van der Waals surface area contributed by atoms with Crippen LogP contribution in [0, 0.1) is 45.8 Å². The summed E-state index contributed by atoms with van der Waals surface area (Å²) in [5.74, 6) is 4.06. The lowest BCUT2D eigenvalue weighted by molar-refractivity contribution is -0.116. The fraction of sp³-hybridized carbons (Fsp3) is 0.862. The fourth-order valence-electron chi connectivity index (χ4n) is 10.6. The van der Waals surface area contributed by atoms with Crippen molar-refractivity contribution >= 4 is 11.5 Å². The lowest BCUT2D eigenvalue weighted by Gasteiger charge is -2.48. The second kappa shape index (κ2) is 6.18. The minimum atomic E-state index is 0.0343. The van der Waals surface area contributed by atoms with Crippen molar-refractivity contribution in [3.63, 3.8) is 0 Å². The Balaban J connectivity index is 1.21. The molecule has 3 unspecified atom stereocenters. The summed E-state index contributed by atoms with van der Waals surface area (Å²) in [5.41, 5.74) is 4.20. The third kappa shape index (κ3) is 2.38. The molecule has 1 saturated heterocycles. The number of hydrogen-bond acceptors (Lipinski definition) is 3. The second-order valence-corrected chi connectivity index (χ2v) is 13.8. The normalized spacial score (nSPS) is 58.1. The molecule has 0 N–H and O–H groups in total. The summed E-state index contributed by atoms with van der Waals surface area (Å²) >= 11 is 0. The van der Waals surface area contributed by atoms with Gasteiger partial charge in [0.05, 0.1) is 11.7 Å². The van der Waals surface area contributed by atoms with Crippen molar-refractivity contribution < 1.29 is 9.53 Å². The molecule has 2 spiro atoms. The van der Waals surface area contributed by atoms with Gasteiger partial charge in [0.15, 0.2) is 5.78 Å². The molecule has 174 valence electrons. The van der Waals surface area contributed by atoms with Crippen LogP contribution < -0.4 is 0 Å². The van der Waals surface area contributed by atoms with Crippen LogP contribution in [0.25, 0.3) is 0 Å². The van der Waals surface area contributed by atoms with E-state index in [2.05, 4.69) is 33.8 Å². The molecule has 4 saturated carbocycles. The van der Waals surface area contributed by atoms with E-state index in [-0.39, 0.29) is 11.0 Å². The van der Waals surface area contributed by atoms with E-state index >= 15 is 0 Å². The van der Waals surface area contributed by atoms with Crippen molar-refractivity contribution in [1.29, 1.82) is 0 Å². The average Bonchev–Trinajstić information content (AvgIpc) is 3.06. The zero-order valence-corrected chi connectivity index (χ0v) is 20.6. The largest absolute Gasteiger partial charge is 0.365 e. The van der Waals surface area contributed by atoms with E-state index in [1.807, 2.05) is 0 Å². The quantitative estimate of drug-likeness (QED) is 0.457. The molecule has 0 radical (unpaired) electrons. The lowest BCUT2D eigenvalue weighted by atomic mass is 9.56. The first-order valence-corrected chi connectivity index (χ1v) is 13.7. The molecule has 7 aliphatic rings. The van der Waals surface area contributed by atoms with Crippen molar-refractivity contribution in [1.82, 2.24) is 0 Å². The standard InChI is InChI=1S/C29H41NO2/c1-17-11-24-25(30-14-17)18(2)29(32-24)10-8-22-21-6-5-19-12-20(31)7-9-27(19,4)23(21)13-28(22)15-26(28,3)16-29/h12,17-18,21-24H,5-11,13-16H2,1-4H3/t17-,18+,21?,22-,23-,24+,26?,27-,28?,29-/m0/s1. The van der Waals surface area contributed by atoms with Crippen LogP contribution in [0.4, 0.5) is 0 Å². The summed E-state index contributed by atoms with van der Waals surface area (Å²) < 4.78 is 7.06. The Labute approximate surface area is 193 Å². The molecular formula is C29H41NO2. The predicted octanol–water partition coefficient (Wildman–Crippen LogP) is 6.16. The third-order valence-electron chi connectivity index (χ3n) is 12.3. The highest BCUT2D eigenvalue weighted by Crippen LogP contribution is 2.83. The van der Waals surface area contributed by atoms with Gasteiger partial charge in [-0.05, 0) is 104 Å². The van der Waals surface area contributed by atoms with Crippen LogP contribution in [0.1, 0.15) is 91.9 Å². The van der Waals surface area contributed by atoms with Crippen LogP contribution >= 0.6 is 0 Å². The zero-order valence-electron chi connectivity index (χ0n) is 20.6. The van der Waals surface area contributed by atoms with Crippen LogP contribution in [0.3, 0.4) is 0 Å². The van der Waals surface area contributed by atoms with Crippen LogP contribution in [-0.2, 0) is 9.53 Å². The number of rotatable bonds is 0. The van der Waals surface area contributed by atoms with Crippen molar-refractivity contribution in [3.05, 3.63) is 11.6 Å². The Kier molecular flexibility index (Phi) is 3.94. The number of ketones is 1.